The normalized spacial score (nSPS) is 10.3. The number of hydrogen-bond acceptors (Lipinski definition) is 2. The maximum Gasteiger partial charge on any atom is 0.407 e. The van der Waals surface area contributed by atoms with Gasteiger partial charge in [0.1, 0.15) is 0 Å². The van der Waals surface area contributed by atoms with E-state index in [0.717, 1.165) is 13.1 Å². The summed E-state index contributed by atoms with van der Waals surface area (Å²) in [5.41, 5.74) is 0. The van der Waals surface area contributed by atoms with Crippen LogP contribution in [0.25, 0.3) is 0 Å². The van der Waals surface area contributed by atoms with Crippen molar-refractivity contribution in [2.45, 2.75) is 13.8 Å². The van der Waals surface area contributed by atoms with Crippen LogP contribution < -0.4 is 5.32 Å². The molecule has 0 radical (unpaired) electrons. The number of nitrogens with one attached hydrogen (secondary N) is 1. The van der Waals surface area contributed by atoms with Crippen molar-refractivity contribution in [2.24, 2.45) is 5.92 Å². The van der Waals surface area contributed by atoms with E-state index in [1.54, 1.807) is 7.05 Å². The van der Waals surface area contributed by atoms with Gasteiger partial charge < -0.3 is 15.3 Å². The molecule has 4 heteroatoms. The van der Waals surface area contributed by atoms with Gasteiger partial charge in [0.2, 0.25) is 0 Å². The van der Waals surface area contributed by atoms with E-state index in [1.165, 1.54) is 4.90 Å². The Morgan fingerprint density at radius 2 is 2.17 bits per heavy atom. The summed E-state index contributed by atoms with van der Waals surface area (Å²) in [6.07, 6.45) is -0.874. The first-order valence-corrected chi connectivity index (χ1v) is 4.18. The highest BCUT2D eigenvalue weighted by Crippen LogP contribution is 1.87. The van der Waals surface area contributed by atoms with E-state index < -0.39 is 6.09 Å². The molecule has 0 aromatic carbocycles. The third-order valence-corrected chi connectivity index (χ3v) is 1.50. The summed E-state index contributed by atoms with van der Waals surface area (Å²) in [6, 6.07) is 0. The van der Waals surface area contributed by atoms with Crippen molar-refractivity contribution in [3.63, 3.8) is 0 Å². The maximum absolute atomic E-state index is 10.3. The van der Waals surface area contributed by atoms with Crippen LogP contribution in [-0.2, 0) is 0 Å². The van der Waals surface area contributed by atoms with E-state index in [0.29, 0.717) is 12.5 Å². The Kier molecular flexibility index (Phi) is 5.45. The van der Waals surface area contributed by atoms with Crippen molar-refractivity contribution in [3.05, 3.63) is 0 Å². The number of rotatable bonds is 5. The fourth-order valence-corrected chi connectivity index (χ4v) is 0.733. The molecule has 0 rings (SSSR count). The Labute approximate surface area is 73.6 Å². The predicted octanol–water partition coefficient (Wildman–Crippen LogP) is 0.842. The monoisotopic (exact) mass is 174 g/mol. The van der Waals surface area contributed by atoms with Gasteiger partial charge in [-0.05, 0) is 12.5 Å². The zero-order chi connectivity index (χ0) is 9.56. The number of likely N-dealkylation sites (N-methyl/N-ethyl adjacent to an activating group) is 1. The number of nitrogens with zero attached hydrogens (tertiary/aromatic N) is 1. The molecule has 4 nitrogen and oxygen atoms in total. The second-order valence-electron chi connectivity index (χ2n) is 3.30. The summed E-state index contributed by atoms with van der Waals surface area (Å²) >= 11 is 0. The van der Waals surface area contributed by atoms with Crippen molar-refractivity contribution in [3.8, 4) is 0 Å². The predicted molar refractivity (Wildman–Crippen MR) is 48.4 cm³/mol. The van der Waals surface area contributed by atoms with Crippen LogP contribution in [-0.4, -0.2) is 42.8 Å². The van der Waals surface area contributed by atoms with Crippen molar-refractivity contribution >= 4 is 6.09 Å². The summed E-state index contributed by atoms with van der Waals surface area (Å²) in [4.78, 5) is 11.6. The Balaban J connectivity index is 3.25. The maximum atomic E-state index is 10.3. The molecule has 0 heterocycles. The third-order valence-electron chi connectivity index (χ3n) is 1.50. The van der Waals surface area contributed by atoms with Gasteiger partial charge >= 0.3 is 6.09 Å². The second kappa shape index (κ2) is 5.83. The molecule has 12 heavy (non-hydrogen) atoms. The van der Waals surface area contributed by atoms with Crippen molar-refractivity contribution < 1.29 is 9.90 Å². The Morgan fingerprint density at radius 1 is 1.58 bits per heavy atom. The molecule has 0 saturated heterocycles. The second-order valence-corrected chi connectivity index (χ2v) is 3.30. The van der Waals surface area contributed by atoms with E-state index in [-0.39, 0.29) is 0 Å². The molecule has 0 aliphatic carbocycles. The lowest BCUT2D eigenvalue weighted by Crippen LogP contribution is -2.33. The molecule has 0 aliphatic rings. The summed E-state index contributed by atoms with van der Waals surface area (Å²) in [5, 5.41) is 11.7. The third kappa shape index (κ3) is 5.97. The molecule has 1 amide bonds. The Hall–Kier alpha value is -0.770. The summed E-state index contributed by atoms with van der Waals surface area (Å²) in [7, 11) is 1.57. The number of carbonyl (C=O) groups is 1. The van der Waals surface area contributed by atoms with Crippen molar-refractivity contribution in [1.82, 2.24) is 10.2 Å². The first-order chi connectivity index (χ1) is 5.54. The molecule has 2 N–H and O–H groups in total. The van der Waals surface area contributed by atoms with E-state index in [9.17, 15) is 4.79 Å². The van der Waals surface area contributed by atoms with Crippen molar-refractivity contribution in [2.75, 3.05) is 26.7 Å². The lowest BCUT2D eigenvalue weighted by molar-refractivity contribution is 0.156. The minimum atomic E-state index is -0.874. The molecule has 0 bridgehead atoms. The van der Waals surface area contributed by atoms with Gasteiger partial charge in [-0.2, -0.15) is 0 Å². The van der Waals surface area contributed by atoms with Crippen LogP contribution in [0, 0.1) is 5.92 Å². The van der Waals surface area contributed by atoms with Crippen LogP contribution >= 0.6 is 0 Å². The Morgan fingerprint density at radius 3 is 2.58 bits per heavy atom. The molecule has 0 spiro atoms. The SMILES string of the molecule is CC(C)CNCCN(C)C(=O)O. The lowest BCUT2D eigenvalue weighted by atomic mass is 10.2. The average molecular weight is 174 g/mol. The zero-order valence-electron chi connectivity index (χ0n) is 8.00. The molecule has 0 saturated carbocycles. The minimum absolute atomic E-state index is 0.544. The molecule has 0 unspecified atom stereocenters. The van der Waals surface area contributed by atoms with Gasteiger partial charge in [-0.3, -0.25) is 0 Å². The fraction of sp³-hybridized carbons (Fsp3) is 0.875. The van der Waals surface area contributed by atoms with Gasteiger partial charge in [0, 0.05) is 20.1 Å². The van der Waals surface area contributed by atoms with Gasteiger partial charge in [-0.1, -0.05) is 13.8 Å². The number of amides is 1. The summed E-state index contributed by atoms with van der Waals surface area (Å²) in [5.74, 6) is 0.611. The van der Waals surface area contributed by atoms with Gasteiger partial charge in [-0.25, -0.2) is 4.79 Å². The Bertz CT molecular complexity index is 137. The van der Waals surface area contributed by atoms with Crippen LogP contribution in [0.3, 0.4) is 0 Å². The molecule has 72 valence electrons. The van der Waals surface area contributed by atoms with E-state index in [4.69, 9.17) is 5.11 Å². The van der Waals surface area contributed by atoms with Gasteiger partial charge in [0.25, 0.3) is 0 Å². The molecule has 0 fully saturated rings. The highest BCUT2D eigenvalue weighted by molar-refractivity contribution is 5.64. The quantitative estimate of drug-likeness (QED) is 0.607. The zero-order valence-corrected chi connectivity index (χ0v) is 8.00. The number of carboxylic acid groups (broad SMARTS) is 1. The van der Waals surface area contributed by atoms with Crippen LogP contribution in [0.5, 0.6) is 0 Å². The van der Waals surface area contributed by atoms with Gasteiger partial charge in [0.15, 0.2) is 0 Å². The topological polar surface area (TPSA) is 52.6 Å². The van der Waals surface area contributed by atoms with Gasteiger partial charge in [0.05, 0.1) is 0 Å². The van der Waals surface area contributed by atoms with E-state index >= 15 is 0 Å². The molecular formula is C8H18N2O2. The first kappa shape index (κ1) is 11.2. The van der Waals surface area contributed by atoms with Gasteiger partial charge in [-0.15, -0.1) is 0 Å². The average Bonchev–Trinajstić information content (AvgIpc) is 1.97. The summed E-state index contributed by atoms with van der Waals surface area (Å²) < 4.78 is 0. The first-order valence-electron chi connectivity index (χ1n) is 4.18. The highest BCUT2D eigenvalue weighted by atomic mass is 16.4. The smallest absolute Gasteiger partial charge is 0.407 e. The highest BCUT2D eigenvalue weighted by Gasteiger charge is 2.03. The van der Waals surface area contributed by atoms with Crippen LogP contribution in [0.1, 0.15) is 13.8 Å². The molecule has 0 aromatic heterocycles. The van der Waals surface area contributed by atoms with Crippen molar-refractivity contribution in [1.29, 1.82) is 0 Å². The fourth-order valence-electron chi connectivity index (χ4n) is 0.733. The molecule has 0 aliphatic heterocycles. The standard InChI is InChI=1S/C8H18N2O2/c1-7(2)6-9-4-5-10(3)8(11)12/h7,9H,4-6H2,1-3H3,(H,11,12). The molecule has 0 atom stereocenters. The van der Waals surface area contributed by atoms with E-state index in [2.05, 4.69) is 19.2 Å². The molecular weight excluding hydrogens is 156 g/mol. The van der Waals surface area contributed by atoms with Crippen LogP contribution in [0.4, 0.5) is 4.79 Å². The summed E-state index contributed by atoms with van der Waals surface area (Å²) in [6.45, 7) is 6.44. The van der Waals surface area contributed by atoms with E-state index in [1.807, 2.05) is 0 Å². The van der Waals surface area contributed by atoms with Crippen LogP contribution in [0.15, 0.2) is 0 Å². The lowest BCUT2D eigenvalue weighted by Gasteiger charge is -2.13. The number of hydrogen-bond donors (Lipinski definition) is 2. The van der Waals surface area contributed by atoms with Crippen LogP contribution in [0.2, 0.25) is 0 Å². The molecule has 0 aromatic rings. The minimum Gasteiger partial charge on any atom is -0.465 e. The largest absolute Gasteiger partial charge is 0.465 e.